The lowest BCUT2D eigenvalue weighted by atomic mass is 10.1. The molecular formula is C17H17ClO3S. The van der Waals surface area contributed by atoms with Gasteiger partial charge >= 0.3 is 0 Å². The fraction of sp³-hybridized carbons (Fsp3) is 0.294. The van der Waals surface area contributed by atoms with Gasteiger partial charge in [-0.15, -0.1) is 0 Å². The first-order valence-electron chi connectivity index (χ1n) is 7.12. The summed E-state index contributed by atoms with van der Waals surface area (Å²) in [5.41, 5.74) is 1.92. The van der Waals surface area contributed by atoms with Gasteiger partial charge in [-0.05, 0) is 36.8 Å². The summed E-state index contributed by atoms with van der Waals surface area (Å²) in [6, 6.07) is 14.0. The van der Waals surface area contributed by atoms with E-state index >= 15 is 0 Å². The molecule has 0 spiro atoms. The minimum absolute atomic E-state index is 0.136. The summed E-state index contributed by atoms with van der Waals surface area (Å²) >= 11 is 5.88. The van der Waals surface area contributed by atoms with Gasteiger partial charge in [-0.1, -0.05) is 41.4 Å². The van der Waals surface area contributed by atoms with Crippen molar-refractivity contribution in [1.82, 2.24) is 0 Å². The number of benzene rings is 2. The minimum atomic E-state index is -3.44. The molecule has 2 aromatic rings. The van der Waals surface area contributed by atoms with Gasteiger partial charge in [0.05, 0.1) is 10.1 Å². The van der Waals surface area contributed by atoms with E-state index in [4.69, 9.17) is 11.6 Å². The quantitative estimate of drug-likeness (QED) is 0.932. The molecule has 3 nitrogen and oxygen atoms in total. The Morgan fingerprint density at radius 3 is 2.18 bits per heavy atom. The Labute approximate surface area is 135 Å². The van der Waals surface area contributed by atoms with Crippen LogP contribution in [0.2, 0.25) is 5.02 Å². The summed E-state index contributed by atoms with van der Waals surface area (Å²) in [5, 5.41) is 9.57. The van der Waals surface area contributed by atoms with E-state index in [0.29, 0.717) is 9.92 Å². The van der Waals surface area contributed by atoms with Gasteiger partial charge in [0.25, 0.3) is 0 Å². The van der Waals surface area contributed by atoms with Crippen LogP contribution in [0.25, 0.3) is 0 Å². The van der Waals surface area contributed by atoms with E-state index in [9.17, 15) is 13.5 Å². The molecule has 3 atom stereocenters. The van der Waals surface area contributed by atoms with Gasteiger partial charge in [-0.3, -0.25) is 0 Å². The summed E-state index contributed by atoms with van der Waals surface area (Å²) in [6.45, 7) is 1.78. The van der Waals surface area contributed by atoms with Crippen LogP contribution in [0.4, 0.5) is 0 Å². The van der Waals surface area contributed by atoms with Crippen LogP contribution in [0.15, 0.2) is 53.4 Å². The molecule has 0 bridgehead atoms. The van der Waals surface area contributed by atoms with E-state index < -0.39 is 15.1 Å². The summed E-state index contributed by atoms with van der Waals surface area (Å²) in [5.74, 6) is -0.430. The Kier molecular flexibility index (Phi) is 4.02. The largest absolute Gasteiger partial charge is 0.396 e. The Bertz CT molecular complexity index is 767. The van der Waals surface area contributed by atoms with Crippen molar-refractivity contribution in [2.75, 3.05) is 6.61 Å². The summed E-state index contributed by atoms with van der Waals surface area (Å²) in [4.78, 5) is 0.318. The first kappa shape index (κ1) is 15.5. The number of halogens is 1. The van der Waals surface area contributed by atoms with Gasteiger partial charge in [0.2, 0.25) is 0 Å². The van der Waals surface area contributed by atoms with E-state index in [-0.39, 0.29) is 18.4 Å². The Balaban J connectivity index is 1.93. The maximum absolute atomic E-state index is 12.8. The average molecular weight is 337 g/mol. The molecule has 116 valence electrons. The molecule has 5 heteroatoms. The average Bonchev–Trinajstić information content (AvgIpc) is 3.24. The number of rotatable bonds is 4. The molecule has 0 aliphatic heterocycles. The van der Waals surface area contributed by atoms with Crippen LogP contribution in [0, 0.1) is 12.8 Å². The highest BCUT2D eigenvalue weighted by atomic mass is 35.5. The fourth-order valence-corrected chi connectivity index (χ4v) is 5.32. The second-order valence-electron chi connectivity index (χ2n) is 5.75. The maximum atomic E-state index is 12.8. The molecule has 0 heterocycles. The molecule has 1 N–H and O–H groups in total. The number of aliphatic hydroxyl groups is 1. The topological polar surface area (TPSA) is 54.4 Å². The van der Waals surface area contributed by atoms with Gasteiger partial charge in [0.15, 0.2) is 9.84 Å². The van der Waals surface area contributed by atoms with E-state index in [0.717, 1.165) is 11.1 Å². The number of aliphatic hydroxyl groups excluding tert-OH is 1. The van der Waals surface area contributed by atoms with Gasteiger partial charge in [0, 0.05) is 23.5 Å². The van der Waals surface area contributed by atoms with Crippen LogP contribution < -0.4 is 0 Å². The first-order chi connectivity index (χ1) is 10.4. The third-order valence-electron chi connectivity index (χ3n) is 4.27. The molecule has 2 aromatic carbocycles. The van der Waals surface area contributed by atoms with E-state index in [2.05, 4.69) is 0 Å². The molecule has 1 aliphatic rings. The first-order valence-corrected chi connectivity index (χ1v) is 9.04. The molecule has 1 aliphatic carbocycles. The zero-order chi connectivity index (χ0) is 15.9. The lowest BCUT2D eigenvalue weighted by molar-refractivity contribution is 0.274. The minimum Gasteiger partial charge on any atom is -0.396 e. The Hall–Kier alpha value is -1.36. The van der Waals surface area contributed by atoms with Crippen molar-refractivity contribution < 1.29 is 13.5 Å². The van der Waals surface area contributed by atoms with Crippen LogP contribution in [-0.4, -0.2) is 25.4 Å². The SMILES string of the molecule is Cc1ccc(S(=O)(=O)C2C(CO)C2c2ccc(Cl)cc2)cc1. The Morgan fingerprint density at radius 1 is 1.05 bits per heavy atom. The smallest absolute Gasteiger partial charge is 0.182 e. The van der Waals surface area contributed by atoms with Crippen LogP contribution in [0.1, 0.15) is 17.0 Å². The number of hydrogen-bond donors (Lipinski definition) is 1. The molecule has 0 aromatic heterocycles. The molecule has 0 radical (unpaired) electrons. The summed E-state index contributed by atoms with van der Waals surface area (Å²) < 4.78 is 25.6. The molecule has 1 saturated carbocycles. The molecule has 22 heavy (non-hydrogen) atoms. The summed E-state index contributed by atoms with van der Waals surface area (Å²) in [7, 11) is -3.44. The van der Waals surface area contributed by atoms with Gasteiger partial charge in [-0.2, -0.15) is 0 Å². The van der Waals surface area contributed by atoms with Crippen LogP contribution in [-0.2, 0) is 9.84 Å². The molecule has 3 rings (SSSR count). The van der Waals surface area contributed by atoms with Crippen molar-refractivity contribution in [2.24, 2.45) is 5.92 Å². The van der Waals surface area contributed by atoms with E-state index in [1.807, 2.05) is 19.1 Å². The predicted octanol–water partition coefficient (Wildman–Crippen LogP) is 3.20. The maximum Gasteiger partial charge on any atom is 0.182 e. The fourth-order valence-electron chi connectivity index (χ4n) is 2.99. The molecular weight excluding hydrogens is 320 g/mol. The van der Waals surface area contributed by atoms with Crippen LogP contribution >= 0.6 is 11.6 Å². The van der Waals surface area contributed by atoms with E-state index in [1.165, 1.54) is 0 Å². The second-order valence-corrected chi connectivity index (χ2v) is 8.29. The van der Waals surface area contributed by atoms with Crippen molar-refractivity contribution in [1.29, 1.82) is 0 Å². The highest BCUT2D eigenvalue weighted by molar-refractivity contribution is 7.92. The van der Waals surface area contributed by atoms with Crippen LogP contribution in [0.5, 0.6) is 0 Å². The van der Waals surface area contributed by atoms with E-state index in [1.54, 1.807) is 36.4 Å². The molecule has 0 amide bonds. The number of aryl methyl sites for hydroxylation is 1. The number of hydrogen-bond acceptors (Lipinski definition) is 3. The summed E-state index contributed by atoms with van der Waals surface area (Å²) in [6.07, 6.45) is 0. The van der Waals surface area contributed by atoms with Crippen LogP contribution in [0.3, 0.4) is 0 Å². The zero-order valence-electron chi connectivity index (χ0n) is 12.1. The van der Waals surface area contributed by atoms with Crippen molar-refractivity contribution in [3.8, 4) is 0 Å². The van der Waals surface area contributed by atoms with Crippen molar-refractivity contribution in [3.05, 3.63) is 64.7 Å². The predicted molar refractivity (Wildman–Crippen MR) is 86.9 cm³/mol. The lowest BCUT2D eigenvalue weighted by Gasteiger charge is -2.05. The highest BCUT2D eigenvalue weighted by Crippen LogP contribution is 2.53. The van der Waals surface area contributed by atoms with Gasteiger partial charge < -0.3 is 5.11 Å². The van der Waals surface area contributed by atoms with Gasteiger partial charge in [-0.25, -0.2) is 8.42 Å². The van der Waals surface area contributed by atoms with Crippen molar-refractivity contribution in [2.45, 2.75) is 23.0 Å². The zero-order valence-corrected chi connectivity index (χ0v) is 13.7. The normalized spacial score (nSPS) is 24.2. The number of sulfone groups is 1. The van der Waals surface area contributed by atoms with Gasteiger partial charge in [0.1, 0.15) is 0 Å². The highest BCUT2D eigenvalue weighted by Gasteiger charge is 2.58. The lowest BCUT2D eigenvalue weighted by Crippen LogP contribution is -2.11. The van der Waals surface area contributed by atoms with Crippen molar-refractivity contribution >= 4 is 21.4 Å². The third kappa shape index (κ3) is 2.67. The molecule has 3 unspecified atom stereocenters. The monoisotopic (exact) mass is 336 g/mol. The molecule has 1 fully saturated rings. The third-order valence-corrected chi connectivity index (χ3v) is 6.81. The standard InChI is InChI=1S/C17H17ClO3S/c1-11-2-8-14(9-3-11)22(20,21)17-15(10-19)16(17)12-4-6-13(18)7-5-12/h2-9,15-17,19H,10H2,1H3. The Morgan fingerprint density at radius 2 is 1.64 bits per heavy atom. The molecule has 0 saturated heterocycles. The second kappa shape index (κ2) is 5.69. The van der Waals surface area contributed by atoms with Crippen molar-refractivity contribution in [3.63, 3.8) is 0 Å².